The summed E-state index contributed by atoms with van der Waals surface area (Å²) in [5.74, 6) is 0. The third kappa shape index (κ3) is 3.40. The van der Waals surface area contributed by atoms with Gasteiger partial charge < -0.3 is 4.55 Å². The standard InChI is InChI=1S/C6H5ClO2S.Ca.2H/c7-5-3-1-2-4-6(5)10(8)9;;;/h1-4H,(H,8,9);;;. The molecular formula is C6H7CaClO2S. The zero-order chi connectivity index (χ0) is 7.56. The van der Waals surface area contributed by atoms with Crippen molar-refractivity contribution in [2.45, 2.75) is 4.90 Å². The van der Waals surface area contributed by atoms with Crippen LogP contribution >= 0.6 is 11.6 Å². The molecule has 0 spiro atoms. The van der Waals surface area contributed by atoms with Crippen LogP contribution in [0, 0.1) is 0 Å². The number of hydrogen-bond donors (Lipinski definition) is 1. The predicted molar refractivity (Wildman–Crippen MR) is 49.0 cm³/mol. The molecule has 0 aliphatic rings. The molecule has 0 heterocycles. The summed E-state index contributed by atoms with van der Waals surface area (Å²) >= 11 is 3.59. The van der Waals surface area contributed by atoms with Crippen molar-refractivity contribution in [2.24, 2.45) is 0 Å². The molecule has 1 unspecified atom stereocenters. The zero-order valence-electron chi connectivity index (χ0n) is 4.95. The SMILES string of the molecule is O=S(O)c1ccccc1Cl.[CaH2]. The van der Waals surface area contributed by atoms with Crippen LogP contribution in [0.2, 0.25) is 5.02 Å². The number of benzene rings is 1. The van der Waals surface area contributed by atoms with E-state index in [4.69, 9.17) is 16.2 Å². The molecule has 0 amide bonds. The Hall–Kier alpha value is 0.880. The van der Waals surface area contributed by atoms with Gasteiger partial charge >= 0.3 is 37.7 Å². The Balaban J connectivity index is 0.000001000. The molecule has 5 heteroatoms. The molecule has 0 bridgehead atoms. The van der Waals surface area contributed by atoms with Gasteiger partial charge in [0.25, 0.3) is 0 Å². The average Bonchev–Trinajstić information content (AvgIpc) is 1.88. The third-order valence-electron chi connectivity index (χ3n) is 1.02. The first kappa shape index (κ1) is 11.9. The molecule has 1 aromatic carbocycles. The van der Waals surface area contributed by atoms with Gasteiger partial charge in [-0.3, -0.25) is 0 Å². The molecule has 1 aromatic rings. The molecule has 0 fully saturated rings. The van der Waals surface area contributed by atoms with Crippen molar-refractivity contribution in [1.82, 2.24) is 0 Å². The second-order valence-electron chi connectivity index (χ2n) is 1.68. The average molecular weight is 219 g/mol. The van der Waals surface area contributed by atoms with Gasteiger partial charge in [0, 0.05) is 0 Å². The maximum absolute atomic E-state index is 10.4. The molecule has 0 aromatic heterocycles. The van der Waals surface area contributed by atoms with Gasteiger partial charge in [-0.2, -0.15) is 0 Å². The van der Waals surface area contributed by atoms with E-state index in [1.54, 1.807) is 18.2 Å². The molecule has 2 nitrogen and oxygen atoms in total. The molecule has 0 aliphatic carbocycles. The molecule has 11 heavy (non-hydrogen) atoms. The van der Waals surface area contributed by atoms with Crippen LogP contribution in [0.5, 0.6) is 0 Å². The number of halogens is 1. The van der Waals surface area contributed by atoms with E-state index in [9.17, 15) is 4.21 Å². The van der Waals surface area contributed by atoms with E-state index in [1.807, 2.05) is 0 Å². The quantitative estimate of drug-likeness (QED) is 0.564. The van der Waals surface area contributed by atoms with Crippen LogP contribution < -0.4 is 0 Å². The van der Waals surface area contributed by atoms with Crippen LogP contribution in [-0.4, -0.2) is 46.5 Å². The number of hydrogen-bond acceptors (Lipinski definition) is 1. The van der Waals surface area contributed by atoms with Crippen molar-refractivity contribution < 1.29 is 8.76 Å². The van der Waals surface area contributed by atoms with Gasteiger partial charge in [-0.05, 0) is 12.1 Å². The van der Waals surface area contributed by atoms with E-state index < -0.39 is 11.1 Å². The normalized spacial score (nSPS) is 11.8. The molecule has 0 radical (unpaired) electrons. The summed E-state index contributed by atoms with van der Waals surface area (Å²) in [6, 6.07) is 6.46. The predicted octanol–water partition coefficient (Wildman–Crippen LogP) is 1.00. The summed E-state index contributed by atoms with van der Waals surface area (Å²) in [5, 5.41) is 0.323. The molecule has 0 saturated carbocycles. The van der Waals surface area contributed by atoms with Gasteiger partial charge in [-0.1, -0.05) is 23.7 Å². The van der Waals surface area contributed by atoms with Crippen molar-refractivity contribution in [3.05, 3.63) is 29.3 Å². The summed E-state index contributed by atoms with van der Waals surface area (Å²) < 4.78 is 19.0. The Morgan fingerprint density at radius 3 is 2.27 bits per heavy atom. The first-order chi connectivity index (χ1) is 4.72. The minimum atomic E-state index is -1.97. The molecule has 1 N–H and O–H groups in total. The van der Waals surface area contributed by atoms with Gasteiger partial charge in [0.2, 0.25) is 0 Å². The van der Waals surface area contributed by atoms with Crippen LogP contribution in [0.25, 0.3) is 0 Å². The van der Waals surface area contributed by atoms with Crippen molar-refractivity contribution in [3.8, 4) is 0 Å². The Morgan fingerprint density at radius 2 is 1.91 bits per heavy atom. The Kier molecular flexibility index (Phi) is 5.95. The summed E-state index contributed by atoms with van der Waals surface area (Å²) in [6.45, 7) is 0. The van der Waals surface area contributed by atoms with Crippen LogP contribution in [-0.2, 0) is 11.1 Å². The Labute approximate surface area is 102 Å². The fraction of sp³-hybridized carbons (Fsp3) is 0. The van der Waals surface area contributed by atoms with E-state index in [-0.39, 0.29) is 42.6 Å². The fourth-order valence-corrected chi connectivity index (χ4v) is 1.35. The van der Waals surface area contributed by atoms with Crippen LogP contribution in [0.1, 0.15) is 0 Å². The van der Waals surface area contributed by atoms with Crippen LogP contribution in [0.15, 0.2) is 29.2 Å². The first-order valence-electron chi connectivity index (χ1n) is 2.57. The van der Waals surface area contributed by atoms with Gasteiger partial charge in [0.15, 0.2) is 11.1 Å². The van der Waals surface area contributed by atoms with E-state index in [2.05, 4.69) is 0 Å². The van der Waals surface area contributed by atoms with Crippen molar-refractivity contribution >= 4 is 60.4 Å². The van der Waals surface area contributed by atoms with Gasteiger partial charge in [-0.15, -0.1) is 0 Å². The van der Waals surface area contributed by atoms with Crippen LogP contribution in [0.3, 0.4) is 0 Å². The van der Waals surface area contributed by atoms with Gasteiger partial charge in [-0.25, -0.2) is 4.21 Å². The van der Waals surface area contributed by atoms with Crippen molar-refractivity contribution in [1.29, 1.82) is 0 Å². The van der Waals surface area contributed by atoms with Crippen molar-refractivity contribution in [3.63, 3.8) is 0 Å². The van der Waals surface area contributed by atoms with Crippen LogP contribution in [0.4, 0.5) is 0 Å². The number of rotatable bonds is 1. The molecule has 1 rings (SSSR count). The topological polar surface area (TPSA) is 37.3 Å². The van der Waals surface area contributed by atoms with E-state index in [0.717, 1.165) is 0 Å². The van der Waals surface area contributed by atoms with E-state index in [1.165, 1.54) is 6.07 Å². The molecule has 0 saturated heterocycles. The molecular weight excluding hydrogens is 212 g/mol. The second-order valence-corrected chi connectivity index (χ2v) is 3.02. The zero-order valence-corrected chi connectivity index (χ0v) is 6.52. The Morgan fingerprint density at radius 1 is 1.36 bits per heavy atom. The minimum absolute atomic E-state index is 0. The monoisotopic (exact) mass is 218 g/mol. The third-order valence-corrected chi connectivity index (χ3v) is 2.20. The summed E-state index contributed by atoms with van der Waals surface area (Å²) in [7, 11) is 0. The molecule has 1 atom stereocenters. The summed E-state index contributed by atoms with van der Waals surface area (Å²) in [6.07, 6.45) is 0. The second kappa shape index (κ2) is 5.51. The molecule has 0 aliphatic heterocycles. The van der Waals surface area contributed by atoms with E-state index in [0.29, 0.717) is 5.02 Å². The summed E-state index contributed by atoms with van der Waals surface area (Å²) in [5.41, 5.74) is 0. The van der Waals surface area contributed by atoms with Crippen molar-refractivity contribution in [2.75, 3.05) is 0 Å². The summed E-state index contributed by atoms with van der Waals surface area (Å²) in [4.78, 5) is 0.254. The Bertz CT molecular complexity index is 267. The van der Waals surface area contributed by atoms with Gasteiger partial charge in [0.05, 0.1) is 9.92 Å². The van der Waals surface area contributed by atoms with Gasteiger partial charge in [0.1, 0.15) is 0 Å². The van der Waals surface area contributed by atoms with E-state index >= 15 is 0 Å². The maximum atomic E-state index is 10.4. The first-order valence-corrected chi connectivity index (χ1v) is 4.05. The fourth-order valence-electron chi connectivity index (χ4n) is 0.586. The molecule has 58 valence electrons.